The molecule has 1 aliphatic heterocycles. The van der Waals surface area contributed by atoms with Crippen LogP contribution in [0.2, 0.25) is 0 Å². The van der Waals surface area contributed by atoms with Gasteiger partial charge in [0.05, 0.1) is 6.04 Å². The highest BCUT2D eigenvalue weighted by Gasteiger charge is 2.22. The van der Waals surface area contributed by atoms with Gasteiger partial charge < -0.3 is 5.32 Å². The van der Waals surface area contributed by atoms with Gasteiger partial charge in [-0.05, 0) is 24.8 Å². The van der Waals surface area contributed by atoms with Gasteiger partial charge in [0.1, 0.15) is 0 Å². The summed E-state index contributed by atoms with van der Waals surface area (Å²) in [5.41, 5.74) is 4.81. The number of carbonyl (C=O) groups excluding carboxylic acids is 2. The molecule has 0 unspecified atom stereocenters. The first-order valence-electron chi connectivity index (χ1n) is 5.70. The van der Waals surface area contributed by atoms with E-state index in [0.29, 0.717) is 6.42 Å². The van der Waals surface area contributed by atoms with Crippen LogP contribution in [0.25, 0.3) is 0 Å². The smallest absolute Gasteiger partial charge is 0.255 e. The molecule has 0 bridgehead atoms. The van der Waals surface area contributed by atoms with E-state index in [9.17, 15) is 9.59 Å². The lowest BCUT2D eigenvalue weighted by molar-refractivity contribution is -0.130. The highest BCUT2D eigenvalue weighted by Crippen LogP contribution is 2.17. The van der Waals surface area contributed by atoms with Gasteiger partial charge in [-0.25, -0.2) is 0 Å². The summed E-state index contributed by atoms with van der Waals surface area (Å²) >= 11 is 0. The zero-order chi connectivity index (χ0) is 12.2. The molecular formula is C11H21N3O2. The molecule has 5 nitrogen and oxygen atoms in total. The molecule has 0 aromatic rings. The monoisotopic (exact) mass is 227 g/mol. The highest BCUT2D eigenvalue weighted by molar-refractivity contribution is 5.85. The van der Waals surface area contributed by atoms with Crippen LogP contribution >= 0.6 is 0 Å². The summed E-state index contributed by atoms with van der Waals surface area (Å²) in [7, 11) is 0. The molecule has 0 saturated carbocycles. The van der Waals surface area contributed by atoms with Crippen LogP contribution in [0.4, 0.5) is 0 Å². The average molecular weight is 227 g/mol. The predicted octanol–water partition coefficient (Wildman–Crippen LogP) is 0.322. The fourth-order valence-electron chi connectivity index (χ4n) is 1.65. The minimum absolute atomic E-state index is 0.0690. The first-order chi connectivity index (χ1) is 7.38. The normalized spacial score (nSPS) is 20.6. The summed E-state index contributed by atoms with van der Waals surface area (Å²) < 4.78 is 0. The lowest BCUT2D eigenvalue weighted by atomic mass is 9.92. The minimum atomic E-state index is -0.157. The first kappa shape index (κ1) is 13.0. The van der Waals surface area contributed by atoms with Crippen molar-refractivity contribution in [2.75, 3.05) is 6.54 Å². The fraction of sp³-hybridized carbons (Fsp3) is 0.818. The Kier molecular flexibility index (Phi) is 4.29. The van der Waals surface area contributed by atoms with Gasteiger partial charge >= 0.3 is 0 Å². The summed E-state index contributed by atoms with van der Waals surface area (Å²) in [6.45, 7) is 6.81. The molecule has 0 radical (unpaired) electrons. The Labute approximate surface area is 96.3 Å². The van der Waals surface area contributed by atoms with E-state index < -0.39 is 0 Å². The highest BCUT2D eigenvalue weighted by atomic mass is 16.2. The summed E-state index contributed by atoms with van der Waals surface area (Å²) in [6, 6.07) is -0.157. The summed E-state index contributed by atoms with van der Waals surface area (Å²) in [5, 5.41) is 3.07. The van der Waals surface area contributed by atoms with Gasteiger partial charge in [0.25, 0.3) is 5.91 Å². The standard InChI is InChI=1S/C11H21N3O2/c1-11(2,3)7-9(15)13-14-10(16)8-5-4-6-12-8/h8,12H,4-7H2,1-3H3,(H,13,15)(H,14,16)/t8-/m0/s1. The molecule has 0 aliphatic carbocycles. The number of carbonyl (C=O) groups is 2. The van der Waals surface area contributed by atoms with Crippen molar-refractivity contribution in [2.45, 2.75) is 46.1 Å². The quantitative estimate of drug-likeness (QED) is 0.595. The van der Waals surface area contributed by atoms with Gasteiger partial charge in [-0.3, -0.25) is 20.4 Å². The maximum Gasteiger partial charge on any atom is 0.255 e. The summed E-state index contributed by atoms with van der Waals surface area (Å²) in [4.78, 5) is 23.0. The van der Waals surface area contributed by atoms with E-state index in [0.717, 1.165) is 19.4 Å². The molecule has 92 valence electrons. The van der Waals surface area contributed by atoms with Crippen LogP contribution in [-0.4, -0.2) is 24.4 Å². The molecule has 1 saturated heterocycles. The third-order valence-electron chi connectivity index (χ3n) is 2.39. The predicted molar refractivity (Wildman–Crippen MR) is 61.4 cm³/mol. The van der Waals surface area contributed by atoms with E-state index >= 15 is 0 Å². The molecule has 1 fully saturated rings. The van der Waals surface area contributed by atoms with Gasteiger partial charge in [-0.1, -0.05) is 20.8 Å². The van der Waals surface area contributed by atoms with Crippen molar-refractivity contribution in [3.63, 3.8) is 0 Å². The van der Waals surface area contributed by atoms with Crippen molar-refractivity contribution >= 4 is 11.8 Å². The number of hydrazine groups is 1. The summed E-state index contributed by atoms with van der Waals surface area (Å²) in [5.74, 6) is -0.307. The van der Waals surface area contributed by atoms with Gasteiger partial charge in [0.2, 0.25) is 5.91 Å². The number of amides is 2. The third-order valence-corrected chi connectivity index (χ3v) is 2.39. The van der Waals surface area contributed by atoms with Gasteiger partial charge in [0, 0.05) is 6.42 Å². The van der Waals surface area contributed by atoms with E-state index in [-0.39, 0.29) is 23.3 Å². The molecule has 1 rings (SSSR count). The largest absolute Gasteiger partial charge is 0.306 e. The Bertz CT molecular complexity index is 265. The van der Waals surface area contributed by atoms with E-state index in [1.165, 1.54) is 0 Å². The fourth-order valence-corrected chi connectivity index (χ4v) is 1.65. The topological polar surface area (TPSA) is 70.2 Å². The molecular weight excluding hydrogens is 206 g/mol. The molecule has 0 aromatic carbocycles. The molecule has 0 spiro atoms. The van der Waals surface area contributed by atoms with E-state index in [1.54, 1.807) is 0 Å². The lowest BCUT2D eigenvalue weighted by Gasteiger charge is -2.18. The van der Waals surface area contributed by atoms with Crippen LogP contribution in [0.5, 0.6) is 0 Å². The number of hydrogen-bond acceptors (Lipinski definition) is 3. The van der Waals surface area contributed by atoms with Crippen molar-refractivity contribution in [2.24, 2.45) is 5.41 Å². The van der Waals surface area contributed by atoms with Crippen molar-refractivity contribution in [1.29, 1.82) is 0 Å². The molecule has 1 atom stereocenters. The van der Waals surface area contributed by atoms with E-state index in [1.807, 2.05) is 20.8 Å². The van der Waals surface area contributed by atoms with Crippen molar-refractivity contribution < 1.29 is 9.59 Å². The van der Waals surface area contributed by atoms with Gasteiger partial charge in [0.15, 0.2) is 0 Å². The van der Waals surface area contributed by atoms with Crippen LogP contribution in [0.3, 0.4) is 0 Å². The molecule has 0 aromatic heterocycles. The summed E-state index contributed by atoms with van der Waals surface area (Å²) in [6.07, 6.45) is 2.24. The van der Waals surface area contributed by atoms with Gasteiger partial charge in [-0.2, -0.15) is 0 Å². The van der Waals surface area contributed by atoms with Crippen molar-refractivity contribution in [3.05, 3.63) is 0 Å². The Morgan fingerprint density at radius 1 is 1.31 bits per heavy atom. The Morgan fingerprint density at radius 2 is 2.00 bits per heavy atom. The molecule has 1 heterocycles. The van der Waals surface area contributed by atoms with E-state index in [2.05, 4.69) is 16.2 Å². The van der Waals surface area contributed by atoms with Crippen LogP contribution in [0.15, 0.2) is 0 Å². The first-order valence-corrected chi connectivity index (χ1v) is 5.70. The Hall–Kier alpha value is -1.10. The third kappa shape index (κ3) is 4.61. The second kappa shape index (κ2) is 5.30. The van der Waals surface area contributed by atoms with Crippen LogP contribution in [0, 0.1) is 5.41 Å². The molecule has 5 heteroatoms. The minimum Gasteiger partial charge on any atom is -0.306 e. The molecule has 16 heavy (non-hydrogen) atoms. The average Bonchev–Trinajstić information content (AvgIpc) is 2.64. The van der Waals surface area contributed by atoms with Crippen molar-refractivity contribution in [1.82, 2.24) is 16.2 Å². The second-order valence-electron chi connectivity index (χ2n) is 5.42. The van der Waals surface area contributed by atoms with Gasteiger partial charge in [-0.15, -0.1) is 0 Å². The zero-order valence-corrected chi connectivity index (χ0v) is 10.2. The molecule has 2 amide bonds. The number of hydrogen-bond donors (Lipinski definition) is 3. The lowest BCUT2D eigenvalue weighted by Crippen LogP contribution is -2.49. The SMILES string of the molecule is CC(C)(C)CC(=O)NNC(=O)[C@@H]1CCCN1. The van der Waals surface area contributed by atoms with Crippen LogP contribution in [-0.2, 0) is 9.59 Å². The number of rotatable bonds is 2. The van der Waals surface area contributed by atoms with Crippen molar-refractivity contribution in [3.8, 4) is 0 Å². The molecule has 1 aliphatic rings. The number of nitrogens with one attached hydrogen (secondary N) is 3. The zero-order valence-electron chi connectivity index (χ0n) is 10.2. The Morgan fingerprint density at radius 3 is 2.50 bits per heavy atom. The Balaban J connectivity index is 2.23. The van der Waals surface area contributed by atoms with Crippen LogP contribution in [0.1, 0.15) is 40.0 Å². The molecule has 3 N–H and O–H groups in total. The maximum absolute atomic E-state index is 11.5. The maximum atomic E-state index is 11.5. The van der Waals surface area contributed by atoms with Crippen LogP contribution < -0.4 is 16.2 Å². The second-order valence-corrected chi connectivity index (χ2v) is 5.42. The van der Waals surface area contributed by atoms with E-state index in [4.69, 9.17) is 0 Å².